The molecule has 0 fully saturated rings. The number of rotatable bonds is 6. The molecule has 0 bridgehead atoms. The molecule has 0 aliphatic heterocycles. The lowest BCUT2D eigenvalue weighted by atomic mass is 9.99. The van der Waals surface area contributed by atoms with Crippen LogP contribution in [0.1, 0.15) is 41.6 Å². The highest BCUT2D eigenvalue weighted by atomic mass is 16.5. The number of ether oxygens (including phenoxy) is 1. The van der Waals surface area contributed by atoms with Crippen molar-refractivity contribution >= 4 is 5.91 Å². The molecule has 122 valence electrons. The third kappa shape index (κ3) is 4.85. The van der Waals surface area contributed by atoms with Crippen molar-refractivity contribution in [3.05, 3.63) is 64.7 Å². The molecule has 0 aliphatic carbocycles. The van der Waals surface area contributed by atoms with Gasteiger partial charge in [0.15, 0.2) is 6.61 Å². The highest BCUT2D eigenvalue weighted by Crippen LogP contribution is 2.20. The van der Waals surface area contributed by atoms with Crippen LogP contribution in [0.25, 0.3) is 0 Å². The normalized spacial score (nSPS) is 11.8. The van der Waals surface area contributed by atoms with E-state index in [4.69, 9.17) is 4.74 Å². The molecular formula is C20H25NO2. The Bertz CT molecular complexity index is 679. The van der Waals surface area contributed by atoms with Crippen LogP contribution >= 0.6 is 0 Å². The van der Waals surface area contributed by atoms with Gasteiger partial charge in [0.05, 0.1) is 6.04 Å². The molecule has 23 heavy (non-hydrogen) atoms. The summed E-state index contributed by atoms with van der Waals surface area (Å²) in [6, 6.07) is 14.1. The molecule has 1 amide bonds. The van der Waals surface area contributed by atoms with Crippen LogP contribution in [0, 0.1) is 20.8 Å². The Morgan fingerprint density at radius 2 is 1.87 bits per heavy atom. The summed E-state index contributed by atoms with van der Waals surface area (Å²) in [6.07, 6.45) is 0.846. The fourth-order valence-corrected chi connectivity index (χ4v) is 2.49. The van der Waals surface area contributed by atoms with Crippen LogP contribution in [-0.4, -0.2) is 12.5 Å². The lowest BCUT2D eigenvalue weighted by Crippen LogP contribution is -2.32. The maximum atomic E-state index is 12.2. The van der Waals surface area contributed by atoms with Gasteiger partial charge < -0.3 is 10.1 Å². The highest BCUT2D eigenvalue weighted by Gasteiger charge is 2.13. The quantitative estimate of drug-likeness (QED) is 0.865. The van der Waals surface area contributed by atoms with Crippen molar-refractivity contribution in [3.63, 3.8) is 0 Å². The number of carbonyl (C=O) groups is 1. The second-order valence-electron chi connectivity index (χ2n) is 5.98. The van der Waals surface area contributed by atoms with Crippen LogP contribution < -0.4 is 10.1 Å². The summed E-state index contributed by atoms with van der Waals surface area (Å²) in [6.45, 7) is 8.29. The molecule has 1 unspecified atom stereocenters. The third-order valence-corrected chi connectivity index (χ3v) is 4.04. The fourth-order valence-electron chi connectivity index (χ4n) is 2.49. The maximum Gasteiger partial charge on any atom is 0.258 e. The van der Waals surface area contributed by atoms with E-state index in [-0.39, 0.29) is 18.6 Å². The first-order chi connectivity index (χ1) is 11.0. The SMILES string of the molecule is CCC(NC(=O)COc1cccc(C)c1)c1ccc(C)c(C)c1. The van der Waals surface area contributed by atoms with E-state index in [1.54, 1.807) is 0 Å². The second-order valence-corrected chi connectivity index (χ2v) is 5.98. The van der Waals surface area contributed by atoms with E-state index in [9.17, 15) is 4.79 Å². The molecule has 1 atom stereocenters. The first kappa shape index (κ1) is 17.1. The zero-order chi connectivity index (χ0) is 16.8. The van der Waals surface area contributed by atoms with E-state index in [2.05, 4.69) is 44.3 Å². The Morgan fingerprint density at radius 1 is 1.09 bits per heavy atom. The fraction of sp³-hybridized carbons (Fsp3) is 0.350. The summed E-state index contributed by atoms with van der Waals surface area (Å²) in [7, 11) is 0. The van der Waals surface area contributed by atoms with Gasteiger partial charge in [0.2, 0.25) is 0 Å². The van der Waals surface area contributed by atoms with Crippen molar-refractivity contribution in [2.75, 3.05) is 6.61 Å². The third-order valence-electron chi connectivity index (χ3n) is 4.04. The molecule has 1 N–H and O–H groups in total. The smallest absolute Gasteiger partial charge is 0.258 e. The van der Waals surface area contributed by atoms with Crippen LogP contribution in [0.2, 0.25) is 0 Å². The Hall–Kier alpha value is -2.29. The number of hydrogen-bond acceptors (Lipinski definition) is 2. The first-order valence-electron chi connectivity index (χ1n) is 8.05. The number of benzene rings is 2. The molecule has 0 saturated carbocycles. The van der Waals surface area contributed by atoms with Crippen LogP contribution in [-0.2, 0) is 4.79 Å². The second kappa shape index (κ2) is 7.82. The molecule has 2 rings (SSSR count). The number of aryl methyl sites for hydroxylation is 3. The number of amides is 1. The molecule has 2 aromatic carbocycles. The zero-order valence-electron chi connectivity index (χ0n) is 14.3. The van der Waals surface area contributed by atoms with Gasteiger partial charge in [-0.2, -0.15) is 0 Å². The van der Waals surface area contributed by atoms with Crippen molar-refractivity contribution in [2.45, 2.75) is 40.2 Å². The van der Waals surface area contributed by atoms with Gasteiger partial charge in [-0.3, -0.25) is 4.79 Å². The Kier molecular flexibility index (Phi) is 5.80. The van der Waals surface area contributed by atoms with Crippen molar-refractivity contribution in [1.82, 2.24) is 5.32 Å². The summed E-state index contributed by atoms with van der Waals surface area (Å²) in [5, 5.41) is 3.05. The Morgan fingerprint density at radius 3 is 2.52 bits per heavy atom. The van der Waals surface area contributed by atoms with Gasteiger partial charge >= 0.3 is 0 Å². The van der Waals surface area contributed by atoms with Gasteiger partial charge in [-0.25, -0.2) is 0 Å². The minimum Gasteiger partial charge on any atom is -0.484 e. The van der Waals surface area contributed by atoms with Gasteiger partial charge in [-0.15, -0.1) is 0 Å². The Balaban J connectivity index is 1.95. The standard InChI is InChI=1S/C20H25NO2/c1-5-19(17-10-9-15(3)16(4)12-17)21-20(22)13-23-18-8-6-7-14(2)11-18/h6-12,19H,5,13H2,1-4H3,(H,21,22). The monoisotopic (exact) mass is 311 g/mol. The maximum absolute atomic E-state index is 12.2. The van der Waals surface area contributed by atoms with Crippen LogP contribution in [0.4, 0.5) is 0 Å². The van der Waals surface area contributed by atoms with Crippen molar-refractivity contribution in [3.8, 4) is 5.75 Å². The molecule has 0 aromatic heterocycles. The van der Waals surface area contributed by atoms with Crippen LogP contribution in [0.15, 0.2) is 42.5 Å². The largest absolute Gasteiger partial charge is 0.484 e. The lowest BCUT2D eigenvalue weighted by Gasteiger charge is -2.19. The molecule has 3 nitrogen and oxygen atoms in total. The van der Waals surface area contributed by atoms with E-state index in [1.807, 2.05) is 31.2 Å². The summed E-state index contributed by atoms with van der Waals surface area (Å²) < 4.78 is 5.56. The average Bonchev–Trinajstić information content (AvgIpc) is 2.53. The molecule has 0 heterocycles. The molecule has 2 aromatic rings. The van der Waals surface area contributed by atoms with Gasteiger partial charge in [0, 0.05) is 0 Å². The first-order valence-corrected chi connectivity index (χ1v) is 8.05. The lowest BCUT2D eigenvalue weighted by molar-refractivity contribution is -0.123. The predicted octanol–water partition coefficient (Wildman–Crippen LogP) is 4.26. The predicted molar refractivity (Wildman–Crippen MR) is 93.8 cm³/mol. The summed E-state index contributed by atoms with van der Waals surface area (Å²) in [4.78, 5) is 12.2. The molecular weight excluding hydrogens is 286 g/mol. The topological polar surface area (TPSA) is 38.3 Å². The van der Waals surface area contributed by atoms with Gasteiger partial charge in [-0.05, 0) is 61.6 Å². The Labute approximate surface area is 138 Å². The molecule has 0 radical (unpaired) electrons. The minimum atomic E-state index is -0.100. The van der Waals surface area contributed by atoms with E-state index in [1.165, 1.54) is 11.1 Å². The van der Waals surface area contributed by atoms with E-state index in [0.29, 0.717) is 0 Å². The van der Waals surface area contributed by atoms with Gasteiger partial charge in [0.1, 0.15) is 5.75 Å². The number of nitrogens with one attached hydrogen (secondary N) is 1. The average molecular weight is 311 g/mol. The molecule has 3 heteroatoms. The summed E-state index contributed by atoms with van der Waals surface area (Å²) >= 11 is 0. The molecule has 0 saturated heterocycles. The summed E-state index contributed by atoms with van der Waals surface area (Å²) in [5.41, 5.74) is 4.76. The van der Waals surface area contributed by atoms with Crippen molar-refractivity contribution in [1.29, 1.82) is 0 Å². The van der Waals surface area contributed by atoms with E-state index in [0.717, 1.165) is 23.3 Å². The van der Waals surface area contributed by atoms with Gasteiger partial charge in [0.25, 0.3) is 5.91 Å². The molecule has 0 aliphatic rings. The number of carbonyl (C=O) groups excluding carboxylic acids is 1. The number of hydrogen-bond donors (Lipinski definition) is 1. The molecule has 0 spiro atoms. The van der Waals surface area contributed by atoms with Crippen LogP contribution in [0.5, 0.6) is 5.75 Å². The van der Waals surface area contributed by atoms with Crippen molar-refractivity contribution in [2.24, 2.45) is 0 Å². The zero-order valence-corrected chi connectivity index (χ0v) is 14.3. The van der Waals surface area contributed by atoms with E-state index < -0.39 is 0 Å². The van der Waals surface area contributed by atoms with Gasteiger partial charge in [-0.1, -0.05) is 37.3 Å². The highest BCUT2D eigenvalue weighted by molar-refractivity contribution is 5.78. The van der Waals surface area contributed by atoms with Crippen LogP contribution in [0.3, 0.4) is 0 Å². The van der Waals surface area contributed by atoms with Crippen molar-refractivity contribution < 1.29 is 9.53 Å². The van der Waals surface area contributed by atoms with E-state index >= 15 is 0 Å². The summed E-state index contributed by atoms with van der Waals surface area (Å²) in [5.74, 6) is 0.621. The minimum absolute atomic E-state index is 0.0166.